The first-order chi connectivity index (χ1) is 15.1. The van der Waals surface area contributed by atoms with Gasteiger partial charge in [-0.1, -0.05) is 36.4 Å². The first kappa shape index (κ1) is 20.5. The summed E-state index contributed by atoms with van der Waals surface area (Å²) >= 11 is 0. The molecular formula is C24H27N3O3S. The predicted molar refractivity (Wildman–Crippen MR) is 122 cm³/mol. The van der Waals surface area contributed by atoms with E-state index in [0.717, 1.165) is 31.6 Å². The molecule has 2 aliphatic rings. The summed E-state index contributed by atoms with van der Waals surface area (Å²) in [7, 11) is -3.47. The number of hydrogen-bond donors (Lipinski definition) is 1. The van der Waals surface area contributed by atoms with Gasteiger partial charge in [0.2, 0.25) is 10.0 Å². The molecule has 0 atom stereocenters. The Morgan fingerprint density at radius 3 is 2.65 bits per heavy atom. The monoisotopic (exact) mass is 437 g/mol. The number of sulfonamides is 1. The summed E-state index contributed by atoms with van der Waals surface area (Å²) in [5, 5.41) is 1.27. The lowest BCUT2D eigenvalue weighted by molar-refractivity contribution is 0.0730. The number of nitrogens with one attached hydrogen (secondary N) is 1. The van der Waals surface area contributed by atoms with Crippen molar-refractivity contribution in [3.05, 3.63) is 71.9 Å². The third-order valence-corrected chi connectivity index (χ3v) is 8.04. The minimum absolute atomic E-state index is 0.374. The maximum atomic E-state index is 13.0. The molecule has 3 aromatic rings. The van der Waals surface area contributed by atoms with Crippen LogP contribution in [0.25, 0.3) is 16.5 Å². The average molecular weight is 438 g/mol. The van der Waals surface area contributed by atoms with E-state index < -0.39 is 10.0 Å². The number of H-pyrrole nitrogens is 1. The molecule has 6 nitrogen and oxygen atoms in total. The zero-order valence-electron chi connectivity index (χ0n) is 17.5. The quantitative estimate of drug-likeness (QED) is 0.664. The standard InChI is InChI=1S/C24H27N3O3S/c28-31(29,27-12-14-30-15-13-27)21-5-3-4-19(16-21)18-26-10-8-20(9-11-26)23-17-25-24-7-2-1-6-22(23)24/h1-8,16-17,25H,9-15,18H2. The fourth-order valence-corrected chi connectivity index (χ4v) is 5.91. The van der Waals surface area contributed by atoms with Crippen LogP contribution in [0.4, 0.5) is 0 Å². The van der Waals surface area contributed by atoms with Gasteiger partial charge < -0.3 is 9.72 Å². The molecule has 1 N–H and O–H groups in total. The second-order valence-electron chi connectivity index (χ2n) is 8.13. The maximum Gasteiger partial charge on any atom is 0.243 e. The highest BCUT2D eigenvalue weighted by molar-refractivity contribution is 7.89. The van der Waals surface area contributed by atoms with Gasteiger partial charge in [0.05, 0.1) is 18.1 Å². The van der Waals surface area contributed by atoms with Gasteiger partial charge >= 0.3 is 0 Å². The highest BCUT2D eigenvalue weighted by Gasteiger charge is 2.26. The molecule has 31 heavy (non-hydrogen) atoms. The van der Waals surface area contributed by atoms with Crippen molar-refractivity contribution >= 4 is 26.5 Å². The largest absolute Gasteiger partial charge is 0.379 e. The molecule has 3 heterocycles. The number of nitrogens with zero attached hydrogens (tertiary/aromatic N) is 2. The van der Waals surface area contributed by atoms with E-state index >= 15 is 0 Å². The van der Waals surface area contributed by atoms with Crippen LogP contribution in [0, 0.1) is 0 Å². The zero-order chi connectivity index (χ0) is 21.3. The van der Waals surface area contributed by atoms with E-state index in [1.807, 2.05) is 24.3 Å². The molecule has 2 aliphatic heterocycles. The molecular weight excluding hydrogens is 410 g/mol. The Labute approximate surface area is 183 Å². The smallest absolute Gasteiger partial charge is 0.243 e. The lowest BCUT2D eigenvalue weighted by Crippen LogP contribution is -2.40. The summed E-state index contributed by atoms with van der Waals surface area (Å²) in [6.45, 7) is 4.29. The molecule has 162 valence electrons. The first-order valence-corrected chi connectivity index (χ1v) is 12.2. The van der Waals surface area contributed by atoms with Crippen LogP contribution in [0.2, 0.25) is 0 Å². The fourth-order valence-electron chi connectivity index (χ4n) is 4.44. The molecule has 0 radical (unpaired) electrons. The predicted octanol–water partition coefficient (Wildman–Crippen LogP) is 3.48. The molecule has 7 heteroatoms. The molecule has 0 bridgehead atoms. The van der Waals surface area contributed by atoms with Gasteiger partial charge in [0, 0.05) is 55.4 Å². The van der Waals surface area contributed by atoms with E-state index in [1.54, 1.807) is 6.07 Å². The van der Waals surface area contributed by atoms with E-state index in [9.17, 15) is 8.42 Å². The van der Waals surface area contributed by atoms with Crippen LogP contribution in [0.5, 0.6) is 0 Å². The summed E-state index contributed by atoms with van der Waals surface area (Å²) in [6.07, 6.45) is 5.38. The summed E-state index contributed by atoms with van der Waals surface area (Å²) in [6, 6.07) is 15.8. The van der Waals surface area contributed by atoms with Gasteiger partial charge in [-0.3, -0.25) is 4.90 Å². The Morgan fingerprint density at radius 1 is 1.00 bits per heavy atom. The van der Waals surface area contributed by atoms with Crippen molar-refractivity contribution in [2.75, 3.05) is 39.4 Å². The lowest BCUT2D eigenvalue weighted by Gasteiger charge is -2.27. The number of benzene rings is 2. The normalized spacial score (nSPS) is 18.9. The van der Waals surface area contributed by atoms with Crippen LogP contribution in [-0.4, -0.2) is 62.0 Å². The Bertz CT molecular complexity index is 1210. The Balaban J connectivity index is 1.29. The number of ether oxygens (including phenoxy) is 1. The summed E-state index contributed by atoms with van der Waals surface area (Å²) < 4.78 is 32.7. The van der Waals surface area contributed by atoms with Crippen molar-refractivity contribution in [2.45, 2.75) is 17.9 Å². The van der Waals surface area contributed by atoms with Crippen molar-refractivity contribution < 1.29 is 13.2 Å². The van der Waals surface area contributed by atoms with Crippen LogP contribution in [0.15, 0.2) is 65.7 Å². The van der Waals surface area contributed by atoms with Crippen LogP contribution >= 0.6 is 0 Å². The molecule has 0 aliphatic carbocycles. The topological polar surface area (TPSA) is 65.6 Å². The van der Waals surface area contributed by atoms with Crippen molar-refractivity contribution in [1.29, 1.82) is 0 Å². The number of morpholine rings is 1. The second kappa shape index (κ2) is 8.59. The number of aromatic nitrogens is 1. The zero-order valence-corrected chi connectivity index (χ0v) is 18.3. The van der Waals surface area contributed by atoms with Gasteiger partial charge in [-0.15, -0.1) is 0 Å². The summed E-state index contributed by atoms with van der Waals surface area (Å²) in [5.41, 5.74) is 4.85. The average Bonchev–Trinajstić information content (AvgIpc) is 3.25. The number of para-hydroxylation sites is 1. The van der Waals surface area contributed by atoms with E-state index in [0.29, 0.717) is 31.2 Å². The van der Waals surface area contributed by atoms with Crippen molar-refractivity contribution in [3.8, 4) is 0 Å². The molecule has 2 aromatic carbocycles. The van der Waals surface area contributed by atoms with Gasteiger partial charge in [-0.2, -0.15) is 4.31 Å². The van der Waals surface area contributed by atoms with E-state index in [2.05, 4.69) is 40.4 Å². The fraction of sp³-hybridized carbons (Fsp3) is 0.333. The molecule has 1 fully saturated rings. The van der Waals surface area contributed by atoms with Gasteiger partial charge in [-0.05, 0) is 35.8 Å². The SMILES string of the molecule is O=S(=O)(c1cccc(CN2CC=C(c3c[nH]c4ccccc34)CC2)c1)N1CCOCC1. The van der Waals surface area contributed by atoms with Crippen LogP contribution in [0.1, 0.15) is 17.5 Å². The minimum Gasteiger partial charge on any atom is -0.379 e. The highest BCUT2D eigenvalue weighted by atomic mass is 32.2. The second-order valence-corrected chi connectivity index (χ2v) is 10.1. The highest BCUT2D eigenvalue weighted by Crippen LogP contribution is 2.29. The van der Waals surface area contributed by atoms with Crippen LogP contribution < -0.4 is 0 Å². The van der Waals surface area contributed by atoms with Crippen molar-refractivity contribution in [3.63, 3.8) is 0 Å². The molecule has 0 spiro atoms. The van der Waals surface area contributed by atoms with Crippen LogP contribution in [-0.2, 0) is 21.3 Å². The number of rotatable bonds is 5. The number of fused-ring (bicyclic) bond motifs is 1. The summed E-state index contributed by atoms with van der Waals surface area (Å²) in [4.78, 5) is 6.09. The Morgan fingerprint density at radius 2 is 1.84 bits per heavy atom. The first-order valence-electron chi connectivity index (χ1n) is 10.8. The third-order valence-electron chi connectivity index (χ3n) is 6.14. The van der Waals surface area contributed by atoms with Crippen molar-refractivity contribution in [2.24, 2.45) is 0 Å². The Kier molecular flexibility index (Phi) is 5.67. The van der Waals surface area contributed by atoms with Crippen molar-refractivity contribution in [1.82, 2.24) is 14.2 Å². The van der Waals surface area contributed by atoms with Gasteiger partial charge in [0.1, 0.15) is 0 Å². The van der Waals surface area contributed by atoms with E-state index in [4.69, 9.17) is 4.74 Å². The maximum absolute atomic E-state index is 13.0. The number of hydrogen-bond acceptors (Lipinski definition) is 4. The third kappa shape index (κ3) is 4.19. The molecule has 0 unspecified atom stereocenters. The minimum atomic E-state index is -3.47. The molecule has 0 saturated carbocycles. The summed E-state index contributed by atoms with van der Waals surface area (Å²) in [5.74, 6) is 0. The van der Waals surface area contributed by atoms with E-state index in [1.165, 1.54) is 26.3 Å². The van der Waals surface area contributed by atoms with E-state index in [-0.39, 0.29) is 0 Å². The molecule has 5 rings (SSSR count). The molecule has 1 saturated heterocycles. The van der Waals surface area contributed by atoms with Gasteiger partial charge in [0.25, 0.3) is 0 Å². The molecule has 1 aromatic heterocycles. The number of aromatic amines is 1. The molecule has 0 amide bonds. The Hall–Kier alpha value is -2.45. The van der Waals surface area contributed by atoms with Gasteiger partial charge in [-0.25, -0.2) is 8.42 Å². The lowest BCUT2D eigenvalue weighted by atomic mass is 9.98. The van der Waals surface area contributed by atoms with Gasteiger partial charge in [0.15, 0.2) is 0 Å². The van der Waals surface area contributed by atoms with Crippen LogP contribution in [0.3, 0.4) is 0 Å².